The molecule has 0 spiro atoms. The van der Waals surface area contributed by atoms with Gasteiger partial charge in [0.25, 0.3) is 5.91 Å². The van der Waals surface area contributed by atoms with Crippen LogP contribution in [0.15, 0.2) is 48.5 Å². The molecule has 2 aromatic rings. The van der Waals surface area contributed by atoms with E-state index in [0.717, 1.165) is 42.5 Å². The average Bonchev–Trinajstić information content (AvgIpc) is 3.16. The van der Waals surface area contributed by atoms with Gasteiger partial charge in [0.2, 0.25) is 0 Å². The average molecular weight is 391 g/mol. The molecule has 2 fully saturated rings. The Balaban J connectivity index is 1.52. The van der Waals surface area contributed by atoms with Crippen molar-refractivity contribution < 1.29 is 14.7 Å². The van der Waals surface area contributed by atoms with Crippen LogP contribution in [0, 0.1) is 5.92 Å². The topological polar surface area (TPSA) is 81.7 Å². The van der Waals surface area contributed by atoms with E-state index < -0.39 is 6.09 Å². The number of fused-ring (bicyclic) bond motifs is 3. The molecule has 150 valence electrons. The zero-order valence-corrected chi connectivity index (χ0v) is 16.2. The highest BCUT2D eigenvalue weighted by molar-refractivity contribution is 5.95. The van der Waals surface area contributed by atoms with E-state index in [4.69, 9.17) is 0 Å². The number of carboxylic acid groups (broad SMARTS) is 1. The molecule has 0 aromatic heterocycles. The molecule has 5 rings (SSSR count). The summed E-state index contributed by atoms with van der Waals surface area (Å²) in [6, 6.07) is 15.9. The number of nitrogens with one attached hydrogen (secondary N) is 2. The summed E-state index contributed by atoms with van der Waals surface area (Å²) >= 11 is 0. The first-order valence-electron chi connectivity index (χ1n) is 10.4. The Morgan fingerprint density at radius 2 is 1.86 bits per heavy atom. The van der Waals surface area contributed by atoms with Gasteiger partial charge in [-0.15, -0.1) is 0 Å². The Kier molecular flexibility index (Phi) is 4.42. The monoisotopic (exact) mass is 391 g/mol. The number of nitrogens with zero attached hydrogens (tertiary/aromatic N) is 1. The predicted molar refractivity (Wildman–Crippen MR) is 110 cm³/mol. The van der Waals surface area contributed by atoms with Crippen LogP contribution in [0.2, 0.25) is 0 Å². The van der Waals surface area contributed by atoms with E-state index in [0.29, 0.717) is 12.1 Å². The number of amides is 2. The van der Waals surface area contributed by atoms with Gasteiger partial charge in [-0.05, 0) is 55.0 Å². The van der Waals surface area contributed by atoms with E-state index in [1.54, 1.807) is 0 Å². The Morgan fingerprint density at radius 3 is 2.55 bits per heavy atom. The molecular formula is C23H25N3O3. The molecule has 6 heteroatoms. The molecule has 3 aliphatic rings. The molecule has 1 aliphatic carbocycles. The van der Waals surface area contributed by atoms with Crippen molar-refractivity contribution in [3.8, 4) is 0 Å². The van der Waals surface area contributed by atoms with E-state index in [9.17, 15) is 14.7 Å². The lowest BCUT2D eigenvalue weighted by molar-refractivity contribution is 0.0916. The summed E-state index contributed by atoms with van der Waals surface area (Å²) in [5.41, 5.74) is 3.58. The molecule has 1 saturated heterocycles. The van der Waals surface area contributed by atoms with Gasteiger partial charge >= 0.3 is 6.09 Å². The quantitative estimate of drug-likeness (QED) is 0.733. The molecule has 29 heavy (non-hydrogen) atoms. The Hall–Kier alpha value is -3.02. The molecule has 3 N–H and O–H groups in total. The maximum absolute atomic E-state index is 12.7. The van der Waals surface area contributed by atoms with Crippen molar-refractivity contribution in [2.75, 3.05) is 11.9 Å². The Bertz CT molecular complexity index is 942. The summed E-state index contributed by atoms with van der Waals surface area (Å²) in [6.07, 6.45) is 3.13. The van der Waals surface area contributed by atoms with E-state index in [1.165, 1.54) is 4.90 Å². The molecule has 6 nitrogen and oxygen atoms in total. The molecule has 3 atom stereocenters. The van der Waals surface area contributed by atoms with Crippen LogP contribution < -0.4 is 10.6 Å². The lowest BCUT2D eigenvalue weighted by Crippen LogP contribution is -2.40. The second kappa shape index (κ2) is 7.10. The van der Waals surface area contributed by atoms with Crippen LogP contribution in [-0.4, -0.2) is 34.6 Å². The maximum Gasteiger partial charge on any atom is 0.407 e. The normalized spacial score (nSPS) is 25.4. The number of hydrogen-bond donors (Lipinski definition) is 3. The number of carbonyl (C=O) groups excluding carboxylic acids is 1. The van der Waals surface area contributed by atoms with Gasteiger partial charge in [-0.3, -0.25) is 4.79 Å². The Labute approximate surface area is 169 Å². The van der Waals surface area contributed by atoms with Crippen LogP contribution in [0.1, 0.15) is 59.3 Å². The van der Waals surface area contributed by atoms with Crippen LogP contribution in [-0.2, 0) is 0 Å². The lowest BCUT2D eigenvalue weighted by atomic mass is 9.79. The first-order valence-corrected chi connectivity index (χ1v) is 10.4. The maximum atomic E-state index is 12.7. The molecule has 1 saturated carbocycles. The van der Waals surface area contributed by atoms with Gasteiger partial charge in [0, 0.05) is 29.8 Å². The fraction of sp³-hybridized carbons (Fsp3) is 0.391. The molecule has 2 heterocycles. The van der Waals surface area contributed by atoms with Crippen LogP contribution in [0.4, 0.5) is 10.5 Å². The first kappa shape index (κ1) is 18.0. The van der Waals surface area contributed by atoms with Crippen molar-refractivity contribution in [3.05, 3.63) is 65.2 Å². The lowest BCUT2D eigenvalue weighted by Gasteiger charge is -2.39. The summed E-state index contributed by atoms with van der Waals surface area (Å²) in [7, 11) is 0. The predicted octanol–water partition coefficient (Wildman–Crippen LogP) is 4.18. The summed E-state index contributed by atoms with van der Waals surface area (Å²) < 4.78 is 0. The summed E-state index contributed by atoms with van der Waals surface area (Å²) in [4.78, 5) is 26.1. The number of benzene rings is 2. The van der Waals surface area contributed by atoms with Crippen LogP contribution in [0.5, 0.6) is 0 Å². The van der Waals surface area contributed by atoms with Gasteiger partial charge in [0.05, 0.1) is 12.1 Å². The first-order chi connectivity index (χ1) is 14.1. The minimum atomic E-state index is -0.901. The van der Waals surface area contributed by atoms with E-state index in [1.807, 2.05) is 36.4 Å². The van der Waals surface area contributed by atoms with Gasteiger partial charge < -0.3 is 20.6 Å². The third kappa shape index (κ3) is 3.12. The second-order valence-corrected chi connectivity index (χ2v) is 8.31. The van der Waals surface area contributed by atoms with Crippen molar-refractivity contribution in [1.82, 2.24) is 10.2 Å². The van der Waals surface area contributed by atoms with Gasteiger partial charge in [-0.1, -0.05) is 30.3 Å². The van der Waals surface area contributed by atoms with Crippen LogP contribution in [0.25, 0.3) is 0 Å². The molecule has 2 aromatic carbocycles. The minimum Gasteiger partial charge on any atom is -0.465 e. The molecule has 2 amide bonds. The van der Waals surface area contributed by atoms with Crippen molar-refractivity contribution in [2.24, 2.45) is 5.92 Å². The third-order valence-electron chi connectivity index (χ3n) is 6.66. The van der Waals surface area contributed by atoms with Gasteiger partial charge in [-0.2, -0.15) is 0 Å². The minimum absolute atomic E-state index is 0.0488. The molecular weight excluding hydrogens is 366 g/mol. The summed E-state index contributed by atoms with van der Waals surface area (Å²) in [5.74, 6) is 0.0602. The SMILES string of the molecule is O=C(NC1CCC1)c1ccc2c(c1)C1C(CCN1C(=O)O)C(c1ccccc1)N2. The standard InChI is InChI=1S/C23H25N3O3/c27-22(24-16-7-4-8-16)15-9-10-19-18(13-15)21-17(11-12-26(21)23(28)29)20(25-19)14-5-2-1-3-6-14/h1-3,5-6,9-10,13,16-17,20-21,25H,4,7-8,11-12H2,(H,24,27)(H,28,29). The fourth-order valence-electron chi connectivity index (χ4n) is 4.95. The highest BCUT2D eigenvalue weighted by Gasteiger charge is 2.46. The molecule has 3 unspecified atom stereocenters. The van der Waals surface area contributed by atoms with Crippen molar-refractivity contribution >= 4 is 17.7 Å². The highest BCUT2D eigenvalue weighted by Crippen LogP contribution is 2.51. The van der Waals surface area contributed by atoms with E-state index in [-0.39, 0.29) is 30.0 Å². The number of anilines is 1. The Morgan fingerprint density at radius 1 is 1.07 bits per heavy atom. The fourth-order valence-corrected chi connectivity index (χ4v) is 4.95. The van der Waals surface area contributed by atoms with Crippen molar-refractivity contribution in [1.29, 1.82) is 0 Å². The second-order valence-electron chi connectivity index (χ2n) is 8.31. The van der Waals surface area contributed by atoms with Crippen molar-refractivity contribution in [2.45, 2.75) is 43.8 Å². The zero-order chi connectivity index (χ0) is 20.0. The number of likely N-dealkylation sites (tertiary alicyclic amines) is 1. The largest absolute Gasteiger partial charge is 0.465 e. The third-order valence-corrected chi connectivity index (χ3v) is 6.66. The molecule has 2 aliphatic heterocycles. The van der Waals surface area contributed by atoms with Crippen LogP contribution >= 0.6 is 0 Å². The van der Waals surface area contributed by atoms with Gasteiger partial charge in [-0.25, -0.2) is 4.79 Å². The summed E-state index contributed by atoms with van der Waals surface area (Å²) in [6.45, 7) is 0.508. The summed E-state index contributed by atoms with van der Waals surface area (Å²) in [5, 5.41) is 16.5. The highest BCUT2D eigenvalue weighted by atomic mass is 16.4. The number of hydrogen-bond acceptors (Lipinski definition) is 3. The van der Waals surface area contributed by atoms with Crippen LogP contribution in [0.3, 0.4) is 0 Å². The molecule has 0 bridgehead atoms. The van der Waals surface area contributed by atoms with E-state index >= 15 is 0 Å². The van der Waals surface area contributed by atoms with Gasteiger partial charge in [0.15, 0.2) is 0 Å². The zero-order valence-electron chi connectivity index (χ0n) is 16.2. The van der Waals surface area contributed by atoms with Gasteiger partial charge in [0.1, 0.15) is 0 Å². The smallest absolute Gasteiger partial charge is 0.407 e. The van der Waals surface area contributed by atoms with Crippen molar-refractivity contribution in [3.63, 3.8) is 0 Å². The van der Waals surface area contributed by atoms with E-state index in [2.05, 4.69) is 22.8 Å². The molecule has 0 radical (unpaired) electrons. The number of carbonyl (C=O) groups is 2. The number of rotatable bonds is 3.